The smallest absolute Gasteiger partial charge is 0.234 e. The highest BCUT2D eigenvalue weighted by Gasteiger charge is 2.30. The summed E-state index contributed by atoms with van der Waals surface area (Å²) in [6.07, 6.45) is 5.42. The number of carbonyl (C=O) groups is 1. The number of aromatic nitrogens is 3. The number of carbonyl (C=O) groups excluding carboxylic acids is 1. The van der Waals surface area contributed by atoms with E-state index in [0.29, 0.717) is 6.04 Å². The van der Waals surface area contributed by atoms with E-state index in [4.69, 9.17) is 0 Å². The van der Waals surface area contributed by atoms with Gasteiger partial charge in [-0.05, 0) is 24.0 Å². The van der Waals surface area contributed by atoms with Gasteiger partial charge in [0.15, 0.2) is 0 Å². The number of rotatable bonds is 4. The zero-order valence-electron chi connectivity index (χ0n) is 14.6. The second kappa shape index (κ2) is 7.52. The van der Waals surface area contributed by atoms with E-state index >= 15 is 0 Å². The van der Waals surface area contributed by atoms with Crippen molar-refractivity contribution in [2.24, 2.45) is 0 Å². The number of piperidine rings is 1. The molecule has 0 radical (unpaired) electrons. The summed E-state index contributed by atoms with van der Waals surface area (Å²) in [6.45, 7) is 1.50. The number of amides is 1. The summed E-state index contributed by atoms with van der Waals surface area (Å²) >= 11 is 0. The van der Waals surface area contributed by atoms with Crippen molar-refractivity contribution in [2.75, 3.05) is 13.1 Å². The highest BCUT2D eigenvalue weighted by Crippen LogP contribution is 2.29. The molecule has 1 aliphatic rings. The molecule has 4 rings (SSSR count). The Morgan fingerprint density at radius 2 is 1.50 bits per heavy atom. The Balaban J connectivity index is 1.54. The quantitative estimate of drug-likeness (QED) is 0.728. The maximum Gasteiger partial charge on any atom is 0.234 e. The molecule has 5 heteroatoms. The van der Waals surface area contributed by atoms with Gasteiger partial charge in [0.25, 0.3) is 0 Å². The molecule has 2 heterocycles. The molecule has 0 unspecified atom stereocenters. The van der Waals surface area contributed by atoms with Crippen LogP contribution in [-0.4, -0.2) is 38.9 Å². The molecule has 1 fully saturated rings. The van der Waals surface area contributed by atoms with Gasteiger partial charge < -0.3 is 4.90 Å². The molecule has 1 saturated heterocycles. The molecular weight excluding hydrogens is 324 g/mol. The van der Waals surface area contributed by atoms with E-state index in [1.54, 1.807) is 6.20 Å². The van der Waals surface area contributed by atoms with Crippen molar-refractivity contribution >= 4 is 5.91 Å². The fourth-order valence-electron chi connectivity index (χ4n) is 3.71. The summed E-state index contributed by atoms with van der Waals surface area (Å²) in [5.74, 6) is -0.0697. The normalized spacial score (nSPS) is 15.3. The molecule has 0 atom stereocenters. The zero-order chi connectivity index (χ0) is 17.8. The summed E-state index contributed by atoms with van der Waals surface area (Å²) < 4.78 is 1.91. The lowest BCUT2D eigenvalue weighted by molar-refractivity contribution is -0.133. The zero-order valence-corrected chi connectivity index (χ0v) is 14.6. The van der Waals surface area contributed by atoms with Crippen LogP contribution in [0.5, 0.6) is 0 Å². The van der Waals surface area contributed by atoms with Gasteiger partial charge in [0.1, 0.15) is 0 Å². The summed E-state index contributed by atoms with van der Waals surface area (Å²) in [5.41, 5.74) is 2.09. The lowest BCUT2D eigenvalue weighted by Crippen LogP contribution is -2.42. The first-order chi connectivity index (χ1) is 12.8. The number of likely N-dealkylation sites (tertiary alicyclic amines) is 1. The fraction of sp³-hybridized carbons (Fsp3) is 0.286. The Labute approximate surface area is 153 Å². The first-order valence-corrected chi connectivity index (χ1v) is 9.07. The van der Waals surface area contributed by atoms with Crippen LogP contribution in [0.25, 0.3) is 0 Å². The topological polar surface area (TPSA) is 51.0 Å². The third kappa shape index (κ3) is 3.38. The third-order valence-corrected chi connectivity index (χ3v) is 5.10. The predicted octanol–water partition coefficient (Wildman–Crippen LogP) is 3.27. The van der Waals surface area contributed by atoms with E-state index < -0.39 is 0 Å². The summed E-state index contributed by atoms with van der Waals surface area (Å²) in [4.78, 5) is 15.4. The molecule has 0 saturated carbocycles. The van der Waals surface area contributed by atoms with Gasteiger partial charge in [0.2, 0.25) is 5.91 Å². The van der Waals surface area contributed by atoms with Gasteiger partial charge >= 0.3 is 0 Å². The summed E-state index contributed by atoms with van der Waals surface area (Å²) in [6, 6.07) is 20.4. The van der Waals surface area contributed by atoms with Gasteiger partial charge in [-0.25, -0.2) is 4.68 Å². The van der Waals surface area contributed by atoms with Crippen LogP contribution >= 0.6 is 0 Å². The van der Waals surface area contributed by atoms with Crippen molar-refractivity contribution in [3.63, 3.8) is 0 Å². The minimum atomic E-state index is -0.250. The van der Waals surface area contributed by atoms with Gasteiger partial charge in [-0.15, -0.1) is 5.10 Å². The predicted molar refractivity (Wildman–Crippen MR) is 99.6 cm³/mol. The van der Waals surface area contributed by atoms with Crippen LogP contribution in [0, 0.1) is 0 Å². The molecule has 0 aliphatic carbocycles. The van der Waals surface area contributed by atoms with Crippen LogP contribution in [0.3, 0.4) is 0 Å². The van der Waals surface area contributed by atoms with E-state index in [1.165, 1.54) is 0 Å². The third-order valence-electron chi connectivity index (χ3n) is 5.10. The standard InChI is InChI=1S/C21H22N4O/c26-21(24-14-11-19(12-15-24)25-16-13-22-23-25)20(17-7-3-1-4-8-17)18-9-5-2-6-10-18/h1-10,13,16,19-20H,11-12,14-15H2. The molecule has 132 valence electrons. The summed E-state index contributed by atoms with van der Waals surface area (Å²) in [7, 11) is 0. The van der Waals surface area contributed by atoms with Crippen LogP contribution in [0.1, 0.15) is 35.9 Å². The molecule has 0 bridgehead atoms. The minimum absolute atomic E-state index is 0.180. The summed E-state index contributed by atoms with van der Waals surface area (Å²) in [5, 5.41) is 7.99. The van der Waals surface area contributed by atoms with Crippen LogP contribution in [0.2, 0.25) is 0 Å². The molecule has 0 spiro atoms. The molecular formula is C21H22N4O. The molecule has 2 aromatic carbocycles. The first kappa shape index (κ1) is 16.5. The average Bonchev–Trinajstić information content (AvgIpc) is 3.25. The average molecular weight is 346 g/mol. The Morgan fingerprint density at radius 1 is 0.923 bits per heavy atom. The van der Waals surface area contributed by atoms with Gasteiger partial charge in [0, 0.05) is 19.3 Å². The second-order valence-corrected chi connectivity index (χ2v) is 6.69. The molecule has 0 N–H and O–H groups in total. The van der Waals surface area contributed by atoms with Crippen LogP contribution in [0.15, 0.2) is 73.1 Å². The van der Waals surface area contributed by atoms with Crippen LogP contribution in [-0.2, 0) is 4.79 Å². The molecule has 1 aromatic heterocycles. The van der Waals surface area contributed by atoms with Crippen molar-refractivity contribution < 1.29 is 4.79 Å². The van der Waals surface area contributed by atoms with Gasteiger partial charge in [-0.1, -0.05) is 65.9 Å². The van der Waals surface area contributed by atoms with Crippen LogP contribution in [0.4, 0.5) is 0 Å². The highest BCUT2D eigenvalue weighted by atomic mass is 16.2. The van der Waals surface area contributed by atoms with Crippen molar-refractivity contribution in [3.8, 4) is 0 Å². The van der Waals surface area contributed by atoms with E-state index in [1.807, 2.05) is 76.4 Å². The van der Waals surface area contributed by atoms with Gasteiger partial charge in [-0.2, -0.15) is 0 Å². The molecule has 26 heavy (non-hydrogen) atoms. The number of hydrogen-bond acceptors (Lipinski definition) is 3. The molecule has 1 amide bonds. The SMILES string of the molecule is O=C(C(c1ccccc1)c1ccccc1)N1CCC(n2ccnn2)CC1. The first-order valence-electron chi connectivity index (χ1n) is 9.07. The van der Waals surface area contributed by atoms with E-state index in [0.717, 1.165) is 37.1 Å². The highest BCUT2D eigenvalue weighted by molar-refractivity contribution is 5.87. The Kier molecular flexibility index (Phi) is 4.78. The van der Waals surface area contributed by atoms with E-state index in [-0.39, 0.29) is 11.8 Å². The Morgan fingerprint density at radius 3 is 2.00 bits per heavy atom. The number of hydrogen-bond donors (Lipinski definition) is 0. The van der Waals surface area contributed by atoms with Crippen molar-refractivity contribution in [2.45, 2.75) is 24.8 Å². The van der Waals surface area contributed by atoms with Crippen molar-refractivity contribution in [3.05, 3.63) is 84.2 Å². The van der Waals surface area contributed by atoms with Crippen molar-refractivity contribution in [1.29, 1.82) is 0 Å². The molecule has 1 aliphatic heterocycles. The Hall–Kier alpha value is -2.95. The van der Waals surface area contributed by atoms with E-state index in [2.05, 4.69) is 10.3 Å². The van der Waals surface area contributed by atoms with Gasteiger partial charge in [0.05, 0.1) is 18.2 Å². The number of nitrogens with zero attached hydrogens (tertiary/aromatic N) is 4. The minimum Gasteiger partial charge on any atom is -0.342 e. The maximum absolute atomic E-state index is 13.4. The lowest BCUT2D eigenvalue weighted by atomic mass is 9.89. The fourth-order valence-corrected chi connectivity index (χ4v) is 3.71. The van der Waals surface area contributed by atoms with Crippen molar-refractivity contribution in [1.82, 2.24) is 19.9 Å². The molecule has 5 nitrogen and oxygen atoms in total. The Bertz CT molecular complexity index is 785. The maximum atomic E-state index is 13.4. The largest absolute Gasteiger partial charge is 0.342 e. The van der Waals surface area contributed by atoms with Crippen LogP contribution < -0.4 is 0 Å². The monoisotopic (exact) mass is 346 g/mol. The second-order valence-electron chi connectivity index (χ2n) is 6.69. The lowest BCUT2D eigenvalue weighted by Gasteiger charge is -2.34. The number of benzene rings is 2. The van der Waals surface area contributed by atoms with E-state index in [9.17, 15) is 4.79 Å². The van der Waals surface area contributed by atoms with Gasteiger partial charge in [-0.3, -0.25) is 4.79 Å². The molecule has 3 aromatic rings.